The van der Waals surface area contributed by atoms with E-state index in [-0.39, 0.29) is 0 Å². The fraction of sp³-hybridized carbons (Fsp3) is 0.667. The summed E-state index contributed by atoms with van der Waals surface area (Å²) in [6.45, 7) is 7.35. The van der Waals surface area contributed by atoms with E-state index in [9.17, 15) is 0 Å². The van der Waals surface area contributed by atoms with Crippen molar-refractivity contribution in [3.05, 3.63) is 29.8 Å². The molecule has 0 aromatic heterocycles. The third-order valence-electron chi connectivity index (χ3n) is 4.56. The van der Waals surface area contributed by atoms with Gasteiger partial charge in [0, 0.05) is 12.1 Å². The van der Waals surface area contributed by atoms with Crippen molar-refractivity contribution >= 4 is 0 Å². The Morgan fingerprint density at radius 1 is 1.10 bits per heavy atom. The predicted molar refractivity (Wildman–Crippen MR) is 85.2 cm³/mol. The Labute approximate surface area is 123 Å². The van der Waals surface area contributed by atoms with E-state index in [1.165, 1.54) is 37.7 Å². The molecule has 1 aromatic carbocycles. The van der Waals surface area contributed by atoms with Crippen molar-refractivity contribution in [3.8, 4) is 5.75 Å². The molecule has 2 rings (SSSR count). The SMILES string of the molecule is CCOc1ccc(C(C)N[C@@H](C)C2CCCCC2)cc1. The summed E-state index contributed by atoms with van der Waals surface area (Å²) in [7, 11) is 0. The third-order valence-corrected chi connectivity index (χ3v) is 4.56. The minimum Gasteiger partial charge on any atom is -0.494 e. The van der Waals surface area contributed by atoms with E-state index in [1.54, 1.807) is 0 Å². The van der Waals surface area contributed by atoms with Crippen LogP contribution < -0.4 is 10.1 Å². The highest BCUT2D eigenvalue weighted by Crippen LogP contribution is 2.28. The number of hydrogen-bond acceptors (Lipinski definition) is 2. The molecule has 1 saturated carbocycles. The highest BCUT2D eigenvalue weighted by Gasteiger charge is 2.21. The summed E-state index contributed by atoms with van der Waals surface area (Å²) in [6, 6.07) is 9.51. The first kappa shape index (κ1) is 15.4. The van der Waals surface area contributed by atoms with Gasteiger partial charge in [-0.15, -0.1) is 0 Å². The molecule has 0 bridgehead atoms. The number of benzene rings is 1. The van der Waals surface area contributed by atoms with Crippen LogP contribution in [0, 0.1) is 5.92 Å². The molecular weight excluding hydrogens is 246 g/mol. The average Bonchev–Trinajstić information content (AvgIpc) is 2.49. The average molecular weight is 275 g/mol. The van der Waals surface area contributed by atoms with Crippen LogP contribution in [0.4, 0.5) is 0 Å². The minimum atomic E-state index is 0.405. The lowest BCUT2D eigenvalue weighted by molar-refractivity contribution is 0.268. The van der Waals surface area contributed by atoms with Crippen LogP contribution in [0.15, 0.2) is 24.3 Å². The smallest absolute Gasteiger partial charge is 0.119 e. The topological polar surface area (TPSA) is 21.3 Å². The van der Waals surface area contributed by atoms with E-state index in [4.69, 9.17) is 4.74 Å². The van der Waals surface area contributed by atoms with Gasteiger partial charge in [-0.3, -0.25) is 0 Å². The van der Waals surface area contributed by atoms with Gasteiger partial charge in [0.25, 0.3) is 0 Å². The monoisotopic (exact) mass is 275 g/mol. The normalized spacial score (nSPS) is 19.6. The maximum absolute atomic E-state index is 5.50. The molecule has 2 heteroatoms. The zero-order chi connectivity index (χ0) is 14.4. The van der Waals surface area contributed by atoms with E-state index in [0.717, 1.165) is 18.3 Å². The van der Waals surface area contributed by atoms with Crippen LogP contribution in [-0.2, 0) is 0 Å². The largest absolute Gasteiger partial charge is 0.494 e. The highest BCUT2D eigenvalue weighted by molar-refractivity contribution is 5.29. The molecule has 20 heavy (non-hydrogen) atoms. The number of nitrogens with one attached hydrogen (secondary N) is 1. The van der Waals surface area contributed by atoms with Crippen molar-refractivity contribution in [2.75, 3.05) is 6.61 Å². The first-order chi connectivity index (χ1) is 9.70. The summed E-state index contributed by atoms with van der Waals surface area (Å²) in [5, 5.41) is 3.78. The van der Waals surface area contributed by atoms with E-state index in [0.29, 0.717) is 12.1 Å². The van der Waals surface area contributed by atoms with Gasteiger partial charge >= 0.3 is 0 Å². The van der Waals surface area contributed by atoms with E-state index < -0.39 is 0 Å². The summed E-state index contributed by atoms with van der Waals surface area (Å²) in [5.74, 6) is 1.82. The van der Waals surface area contributed by atoms with Crippen molar-refractivity contribution in [3.63, 3.8) is 0 Å². The molecule has 0 spiro atoms. The summed E-state index contributed by atoms with van der Waals surface area (Å²) < 4.78 is 5.50. The molecule has 1 aromatic rings. The third kappa shape index (κ3) is 4.24. The molecule has 1 fully saturated rings. The fourth-order valence-corrected chi connectivity index (χ4v) is 3.28. The van der Waals surface area contributed by atoms with Crippen LogP contribution in [0.25, 0.3) is 0 Å². The Balaban J connectivity index is 1.88. The molecule has 0 heterocycles. The van der Waals surface area contributed by atoms with Gasteiger partial charge in [-0.2, -0.15) is 0 Å². The molecule has 1 aliphatic rings. The Kier molecular flexibility index (Phi) is 5.90. The minimum absolute atomic E-state index is 0.405. The number of rotatable bonds is 6. The summed E-state index contributed by atoms with van der Waals surface area (Å²) in [6.07, 6.45) is 7.04. The molecule has 0 saturated heterocycles. The molecule has 2 atom stereocenters. The Morgan fingerprint density at radius 2 is 1.75 bits per heavy atom. The van der Waals surface area contributed by atoms with Gasteiger partial charge in [-0.05, 0) is 57.2 Å². The Morgan fingerprint density at radius 3 is 2.35 bits per heavy atom. The van der Waals surface area contributed by atoms with Gasteiger partial charge in [-0.1, -0.05) is 31.4 Å². The lowest BCUT2D eigenvalue weighted by Gasteiger charge is -2.30. The van der Waals surface area contributed by atoms with Crippen LogP contribution in [0.5, 0.6) is 5.75 Å². The number of hydrogen-bond donors (Lipinski definition) is 1. The maximum atomic E-state index is 5.50. The van der Waals surface area contributed by atoms with Crippen molar-refractivity contribution in [1.82, 2.24) is 5.32 Å². The molecule has 1 N–H and O–H groups in total. The first-order valence-corrected chi connectivity index (χ1v) is 8.19. The summed E-state index contributed by atoms with van der Waals surface area (Å²) in [4.78, 5) is 0. The molecule has 0 radical (unpaired) electrons. The quantitative estimate of drug-likeness (QED) is 0.812. The molecular formula is C18H29NO. The zero-order valence-electron chi connectivity index (χ0n) is 13.2. The standard InChI is InChI=1S/C18H29NO/c1-4-20-18-12-10-17(11-13-18)15(3)19-14(2)16-8-6-5-7-9-16/h10-16,19H,4-9H2,1-3H3/t14-,15?/m0/s1. The van der Waals surface area contributed by atoms with Crippen molar-refractivity contribution < 1.29 is 4.74 Å². The van der Waals surface area contributed by atoms with Gasteiger partial charge in [0.2, 0.25) is 0 Å². The van der Waals surface area contributed by atoms with Crippen molar-refractivity contribution in [2.24, 2.45) is 5.92 Å². The molecule has 1 aliphatic carbocycles. The van der Waals surface area contributed by atoms with Gasteiger partial charge < -0.3 is 10.1 Å². The summed E-state index contributed by atoms with van der Waals surface area (Å²) >= 11 is 0. The van der Waals surface area contributed by atoms with Crippen LogP contribution in [0.1, 0.15) is 64.5 Å². The lowest BCUT2D eigenvalue weighted by Crippen LogP contribution is -2.36. The highest BCUT2D eigenvalue weighted by atomic mass is 16.5. The molecule has 2 nitrogen and oxygen atoms in total. The van der Waals surface area contributed by atoms with Crippen LogP contribution in [0.2, 0.25) is 0 Å². The van der Waals surface area contributed by atoms with Gasteiger partial charge in [0.05, 0.1) is 6.61 Å². The van der Waals surface area contributed by atoms with Crippen molar-refractivity contribution in [1.29, 1.82) is 0 Å². The number of ether oxygens (including phenoxy) is 1. The second-order valence-corrected chi connectivity index (χ2v) is 6.08. The first-order valence-electron chi connectivity index (χ1n) is 8.19. The van der Waals surface area contributed by atoms with Gasteiger partial charge in [0.15, 0.2) is 0 Å². The molecule has 0 amide bonds. The second-order valence-electron chi connectivity index (χ2n) is 6.08. The Bertz CT molecular complexity index is 381. The lowest BCUT2D eigenvalue weighted by atomic mass is 9.84. The molecule has 112 valence electrons. The van der Waals surface area contributed by atoms with E-state index in [2.05, 4.69) is 43.4 Å². The fourth-order valence-electron chi connectivity index (χ4n) is 3.28. The van der Waals surface area contributed by atoms with Crippen LogP contribution in [-0.4, -0.2) is 12.6 Å². The summed E-state index contributed by atoms with van der Waals surface area (Å²) in [5.41, 5.74) is 1.34. The van der Waals surface area contributed by atoms with Gasteiger partial charge in [0.1, 0.15) is 5.75 Å². The molecule has 0 aliphatic heterocycles. The van der Waals surface area contributed by atoms with E-state index >= 15 is 0 Å². The van der Waals surface area contributed by atoms with Crippen LogP contribution >= 0.6 is 0 Å². The Hall–Kier alpha value is -1.02. The second kappa shape index (κ2) is 7.68. The maximum Gasteiger partial charge on any atom is 0.119 e. The zero-order valence-corrected chi connectivity index (χ0v) is 13.2. The van der Waals surface area contributed by atoms with Gasteiger partial charge in [-0.25, -0.2) is 0 Å². The van der Waals surface area contributed by atoms with Crippen LogP contribution in [0.3, 0.4) is 0 Å². The molecule has 1 unspecified atom stereocenters. The van der Waals surface area contributed by atoms with Crippen molar-refractivity contribution in [2.45, 2.75) is 65.0 Å². The van der Waals surface area contributed by atoms with E-state index in [1.807, 2.05) is 6.92 Å². The predicted octanol–water partition coefficient (Wildman–Crippen LogP) is 4.70.